The predicted octanol–water partition coefficient (Wildman–Crippen LogP) is 3.93. The summed E-state index contributed by atoms with van der Waals surface area (Å²) in [6, 6.07) is 0. The van der Waals surface area contributed by atoms with Gasteiger partial charge in [0.05, 0.1) is 0 Å². The molecule has 0 bridgehead atoms. The predicted molar refractivity (Wildman–Crippen MR) is 73.0 cm³/mol. The van der Waals surface area contributed by atoms with E-state index in [0.29, 0.717) is 0 Å². The maximum atomic E-state index is 2.70. The fourth-order valence-electron chi connectivity index (χ4n) is 4.79. The van der Waals surface area contributed by atoms with Crippen LogP contribution in [0.4, 0.5) is 0 Å². The summed E-state index contributed by atoms with van der Waals surface area (Å²) in [6.45, 7) is 6.64. The van der Waals surface area contributed by atoms with E-state index in [9.17, 15) is 0 Å². The van der Waals surface area contributed by atoms with Crippen molar-refractivity contribution in [2.45, 2.75) is 58.3 Å². The van der Waals surface area contributed by atoms with E-state index in [2.05, 4.69) is 11.8 Å². The Hall–Kier alpha value is -0.0400. The first-order chi connectivity index (χ1) is 8.31. The second-order valence-corrected chi connectivity index (χ2v) is 7.11. The lowest BCUT2D eigenvalue weighted by Gasteiger charge is -2.32. The van der Waals surface area contributed by atoms with Gasteiger partial charge in [-0.25, -0.2) is 0 Å². The highest BCUT2D eigenvalue weighted by Crippen LogP contribution is 2.47. The molecule has 17 heavy (non-hydrogen) atoms. The lowest BCUT2D eigenvalue weighted by molar-refractivity contribution is 0.183. The van der Waals surface area contributed by atoms with Crippen LogP contribution in [0.2, 0.25) is 0 Å². The van der Waals surface area contributed by atoms with Crippen molar-refractivity contribution in [1.29, 1.82) is 0 Å². The van der Waals surface area contributed by atoms with Gasteiger partial charge in [-0.15, -0.1) is 0 Å². The van der Waals surface area contributed by atoms with Gasteiger partial charge in [0.2, 0.25) is 0 Å². The first kappa shape index (κ1) is 12.0. The molecule has 4 unspecified atom stereocenters. The first-order valence-electron chi connectivity index (χ1n) is 8.03. The monoisotopic (exact) mass is 235 g/mol. The largest absolute Gasteiger partial charge is 0.303 e. The Balaban J connectivity index is 1.43. The average molecular weight is 235 g/mol. The molecule has 1 heterocycles. The molecule has 0 aromatic heterocycles. The van der Waals surface area contributed by atoms with Gasteiger partial charge in [-0.3, -0.25) is 0 Å². The highest BCUT2D eigenvalue weighted by Gasteiger charge is 2.36. The summed E-state index contributed by atoms with van der Waals surface area (Å²) in [5, 5.41) is 0. The molecule has 3 fully saturated rings. The Bertz CT molecular complexity index is 244. The fourth-order valence-corrected chi connectivity index (χ4v) is 4.79. The molecule has 0 radical (unpaired) electrons. The van der Waals surface area contributed by atoms with Crippen LogP contribution in [0.3, 0.4) is 0 Å². The third kappa shape index (κ3) is 2.86. The van der Waals surface area contributed by atoms with Crippen LogP contribution in [0, 0.1) is 23.7 Å². The summed E-state index contributed by atoms with van der Waals surface area (Å²) in [4.78, 5) is 2.70. The van der Waals surface area contributed by atoms with Gasteiger partial charge < -0.3 is 4.90 Å². The Morgan fingerprint density at radius 1 is 0.941 bits per heavy atom. The van der Waals surface area contributed by atoms with E-state index in [1.807, 2.05) is 0 Å². The molecule has 1 heteroatoms. The van der Waals surface area contributed by atoms with Crippen LogP contribution in [0.25, 0.3) is 0 Å². The quantitative estimate of drug-likeness (QED) is 0.716. The van der Waals surface area contributed by atoms with Crippen LogP contribution in [0.1, 0.15) is 58.3 Å². The van der Waals surface area contributed by atoms with Gasteiger partial charge in [0, 0.05) is 0 Å². The molecule has 4 atom stereocenters. The van der Waals surface area contributed by atoms with E-state index in [0.717, 1.165) is 23.7 Å². The standard InChI is InChI=1S/C16H29N/c1-13-10-15-5-4-14(12-16(15)11-13)6-9-17-7-2-3-8-17/h13-16H,2-12H2,1H3. The summed E-state index contributed by atoms with van der Waals surface area (Å²) >= 11 is 0. The van der Waals surface area contributed by atoms with Crippen LogP contribution < -0.4 is 0 Å². The van der Waals surface area contributed by atoms with Gasteiger partial charge in [-0.2, -0.15) is 0 Å². The van der Waals surface area contributed by atoms with Gasteiger partial charge in [0.25, 0.3) is 0 Å². The molecular weight excluding hydrogens is 206 g/mol. The highest BCUT2D eigenvalue weighted by molar-refractivity contribution is 4.87. The summed E-state index contributed by atoms with van der Waals surface area (Å²) < 4.78 is 0. The number of likely N-dealkylation sites (tertiary alicyclic amines) is 1. The van der Waals surface area contributed by atoms with E-state index < -0.39 is 0 Å². The molecule has 1 nitrogen and oxygen atoms in total. The van der Waals surface area contributed by atoms with Crippen molar-refractivity contribution in [2.24, 2.45) is 23.7 Å². The number of hydrogen-bond donors (Lipinski definition) is 0. The average Bonchev–Trinajstić information content (AvgIpc) is 2.92. The molecule has 2 aliphatic carbocycles. The fraction of sp³-hybridized carbons (Fsp3) is 1.00. The van der Waals surface area contributed by atoms with Crippen LogP contribution in [0.15, 0.2) is 0 Å². The Labute approximate surface area is 107 Å². The first-order valence-corrected chi connectivity index (χ1v) is 8.03. The molecule has 98 valence electrons. The van der Waals surface area contributed by atoms with Crippen molar-refractivity contribution in [2.75, 3.05) is 19.6 Å². The minimum absolute atomic E-state index is 1.03. The van der Waals surface area contributed by atoms with Crippen molar-refractivity contribution >= 4 is 0 Å². The maximum Gasteiger partial charge on any atom is -0.00161 e. The molecule has 2 saturated carbocycles. The van der Waals surface area contributed by atoms with Gasteiger partial charge in [-0.05, 0) is 88.3 Å². The Morgan fingerprint density at radius 3 is 2.53 bits per heavy atom. The zero-order chi connectivity index (χ0) is 11.7. The number of nitrogens with zero attached hydrogens (tertiary/aromatic N) is 1. The van der Waals surface area contributed by atoms with Gasteiger partial charge in [0.15, 0.2) is 0 Å². The molecule has 0 aromatic carbocycles. The summed E-state index contributed by atoms with van der Waals surface area (Å²) in [5.74, 6) is 4.33. The number of hydrogen-bond acceptors (Lipinski definition) is 1. The second-order valence-electron chi connectivity index (χ2n) is 7.11. The molecule has 0 aromatic rings. The Kier molecular flexibility index (Phi) is 3.75. The van der Waals surface area contributed by atoms with E-state index in [1.165, 1.54) is 38.9 Å². The molecule has 1 saturated heterocycles. The van der Waals surface area contributed by atoms with E-state index in [1.54, 1.807) is 32.1 Å². The maximum absolute atomic E-state index is 2.70. The summed E-state index contributed by atoms with van der Waals surface area (Å²) in [6.07, 6.45) is 12.2. The molecule has 0 N–H and O–H groups in total. The van der Waals surface area contributed by atoms with Crippen LogP contribution in [-0.2, 0) is 0 Å². The van der Waals surface area contributed by atoms with Crippen molar-refractivity contribution in [3.63, 3.8) is 0 Å². The van der Waals surface area contributed by atoms with Crippen molar-refractivity contribution in [3.8, 4) is 0 Å². The highest BCUT2D eigenvalue weighted by atomic mass is 15.1. The lowest BCUT2D eigenvalue weighted by Crippen LogP contribution is -2.26. The summed E-state index contributed by atoms with van der Waals surface area (Å²) in [5.41, 5.74) is 0. The van der Waals surface area contributed by atoms with Gasteiger partial charge in [-0.1, -0.05) is 13.3 Å². The van der Waals surface area contributed by atoms with E-state index >= 15 is 0 Å². The zero-order valence-corrected chi connectivity index (χ0v) is 11.5. The number of rotatable bonds is 3. The van der Waals surface area contributed by atoms with E-state index in [-0.39, 0.29) is 0 Å². The SMILES string of the molecule is CC1CC2CCC(CCN3CCCC3)CC2C1. The third-order valence-corrected chi connectivity index (χ3v) is 5.71. The minimum atomic E-state index is 1.03. The normalized spacial score (nSPS) is 42.9. The lowest BCUT2D eigenvalue weighted by atomic mass is 9.75. The van der Waals surface area contributed by atoms with Crippen LogP contribution in [-0.4, -0.2) is 24.5 Å². The second kappa shape index (κ2) is 5.30. The molecular formula is C16H29N. The molecule has 0 spiro atoms. The van der Waals surface area contributed by atoms with Crippen molar-refractivity contribution in [1.82, 2.24) is 4.90 Å². The third-order valence-electron chi connectivity index (χ3n) is 5.71. The van der Waals surface area contributed by atoms with Crippen LogP contribution >= 0.6 is 0 Å². The Morgan fingerprint density at radius 2 is 1.71 bits per heavy atom. The minimum Gasteiger partial charge on any atom is -0.303 e. The number of fused-ring (bicyclic) bond motifs is 1. The van der Waals surface area contributed by atoms with Gasteiger partial charge >= 0.3 is 0 Å². The summed E-state index contributed by atoms with van der Waals surface area (Å²) in [7, 11) is 0. The van der Waals surface area contributed by atoms with Crippen molar-refractivity contribution in [3.05, 3.63) is 0 Å². The zero-order valence-electron chi connectivity index (χ0n) is 11.5. The molecule has 0 amide bonds. The van der Waals surface area contributed by atoms with E-state index in [4.69, 9.17) is 0 Å². The molecule has 1 aliphatic heterocycles. The van der Waals surface area contributed by atoms with Crippen LogP contribution in [0.5, 0.6) is 0 Å². The smallest absolute Gasteiger partial charge is 0.00161 e. The topological polar surface area (TPSA) is 3.24 Å². The van der Waals surface area contributed by atoms with Gasteiger partial charge in [0.1, 0.15) is 0 Å². The molecule has 3 aliphatic rings. The molecule has 3 rings (SSSR count). The van der Waals surface area contributed by atoms with Crippen molar-refractivity contribution < 1.29 is 0 Å².